The molecule has 0 spiro atoms. The van der Waals surface area contributed by atoms with Crippen molar-refractivity contribution < 1.29 is 0 Å². The first-order chi connectivity index (χ1) is 9.63. The third kappa shape index (κ3) is 3.57. The smallest absolute Gasteiger partial charge is 0.103 e. The van der Waals surface area contributed by atoms with E-state index in [1.165, 1.54) is 5.56 Å². The first-order valence-corrected chi connectivity index (χ1v) is 7.98. The normalized spacial score (nSPS) is 11.0. The molecule has 0 bridgehead atoms. The molecule has 0 radical (unpaired) electrons. The highest BCUT2D eigenvalue weighted by Gasteiger charge is 2.15. The number of rotatable bonds is 6. The fourth-order valence-electron chi connectivity index (χ4n) is 2.03. The Labute approximate surface area is 129 Å². The zero-order valence-corrected chi connectivity index (χ0v) is 13.7. The highest BCUT2D eigenvalue weighted by atomic mass is 35.5. The van der Waals surface area contributed by atoms with Crippen LogP contribution in [0.4, 0.5) is 0 Å². The zero-order valence-electron chi connectivity index (χ0n) is 12.1. The molecule has 108 valence electrons. The number of hydrogen-bond acceptors (Lipinski definition) is 3. The molecule has 1 heterocycles. The Morgan fingerprint density at radius 1 is 1.35 bits per heavy atom. The molecule has 1 aromatic carbocycles. The maximum Gasteiger partial charge on any atom is 0.103 e. The van der Waals surface area contributed by atoms with Gasteiger partial charge in [0.1, 0.15) is 5.03 Å². The Morgan fingerprint density at radius 2 is 2.10 bits per heavy atom. The molecule has 3 nitrogen and oxygen atoms in total. The van der Waals surface area contributed by atoms with Crippen LogP contribution in [0, 0.1) is 6.92 Å². The van der Waals surface area contributed by atoms with Gasteiger partial charge in [0, 0.05) is 24.1 Å². The molecule has 2 aromatic rings. The van der Waals surface area contributed by atoms with Crippen molar-refractivity contribution in [3.05, 3.63) is 40.5 Å². The standard InChI is InChI=1S/C15H20ClN3S/c1-4-9-17-10-12-11(2)18-19(3)15(12)20-14-8-6-5-7-13(14)16/h5-8,17H,4,9-10H2,1-3H3. The average molecular weight is 310 g/mol. The molecule has 0 aliphatic carbocycles. The summed E-state index contributed by atoms with van der Waals surface area (Å²) in [5.74, 6) is 0. The van der Waals surface area contributed by atoms with E-state index in [-0.39, 0.29) is 0 Å². The molecule has 20 heavy (non-hydrogen) atoms. The molecule has 0 fully saturated rings. The summed E-state index contributed by atoms with van der Waals surface area (Å²) in [5, 5.41) is 9.91. The quantitative estimate of drug-likeness (QED) is 0.817. The molecule has 1 aromatic heterocycles. The van der Waals surface area contributed by atoms with Gasteiger partial charge in [-0.1, -0.05) is 42.4 Å². The topological polar surface area (TPSA) is 29.9 Å². The lowest BCUT2D eigenvalue weighted by Crippen LogP contribution is -2.14. The van der Waals surface area contributed by atoms with Crippen LogP contribution in [0.3, 0.4) is 0 Å². The van der Waals surface area contributed by atoms with Gasteiger partial charge < -0.3 is 5.32 Å². The summed E-state index contributed by atoms with van der Waals surface area (Å²) in [7, 11) is 1.98. The minimum absolute atomic E-state index is 0.781. The van der Waals surface area contributed by atoms with E-state index in [4.69, 9.17) is 11.6 Å². The lowest BCUT2D eigenvalue weighted by atomic mass is 10.2. The molecule has 0 amide bonds. The summed E-state index contributed by atoms with van der Waals surface area (Å²) in [6, 6.07) is 7.91. The summed E-state index contributed by atoms with van der Waals surface area (Å²) >= 11 is 7.92. The second kappa shape index (κ2) is 7.16. The van der Waals surface area contributed by atoms with Crippen LogP contribution in [0.5, 0.6) is 0 Å². The van der Waals surface area contributed by atoms with E-state index in [9.17, 15) is 0 Å². The third-order valence-corrected chi connectivity index (χ3v) is 4.78. The van der Waals surface area contributed by atoms with Crippen molar-refractivity contribution in [2.45, 2.75) is 36.7 Å². The average Bonchev–Trinajstić information content (AvgIpc) is 2.68. The number of benzene rings is 1. The zero-order chi connectivity index (χ0) is 14.5. The van der Waals surface area contributed by atoms with Gasteiger partial charge in [0.05, 0.1) is 10.7 Å². The van der Waals surface area contributed by atoms with Gasteiger partial charge in [-0.25, -0.2) is 0 Å². The highest BCUT2D eigenvalue weighted by molar-refractivity contribution is 7.99. The maximum atomic E-state index is 6.25. The van der Waals surface area contributed by atoms with E-state index in [2.05, 4.69) is 24.3 Å². The first kappa shape index (κ1) is 15.4. The van der Waals surface area contributed by atoms with E-state index in [0.717, 1.165) is 40.1 Å². The number of aromatic nitrogens is 2. The number of hydrogen-bond donors (Lipinski definition) is 1. The van der Waals surface area contributed by atoms with Gasteiger partial charge in [0.15, 0.2) is 0 Å². The molecule has 0 atom stereocenters. The van der Waals surface area contributed by atoms with Crippen LogP contribution in [-0.4, -0.2) is 16.3 Å². The summed E-state index contributed by atoms with van der Waals surface area (Å²) in [4.78, 5) is 1.06. The van der Waals surface area contributed by atoms with Crippen molar-refractivity contribution in [2.75, 3.05) is 6.54 Å². The van der Waals surface area contributed by atoms with Crippen LogP contribution in [0.1, 0.15) is 24.6 Å². The maximum absolute atomic E-state index is 6.25. The van der Waals surface area contributed by atoms with Gasteiger partial charge in [-0.15, -0.1) is 0 Å². The fourth-order valence-corrected chi connectivity index (χ4v) is 3.32. The van der Waals surface area contributed by atoms with Crippen LogP contribution < -0.4 is 5.32 Å². The van der Waals surface area contributed by atoms with Crippen LogP contribution >= 0.6 is 23.4 Å². The van der Waals surface area contributed by atoms with Gasteiger partial charge in [-0.3, -0.25) is 4.68 Å². The van der Waals surface area contributed by atoms with Gasteiger partial charge in [-0.2, -0.15) is 5.10 Å². The van der Waals surface area contributed by atoms with Gasteiger partial charge in [0.2, 0.25) is 0 Å². The number of aryl methyl sites for hydroxylation is 2. The van der Waals surface area contributed by atoms with Crippen LogP contribution in [0.2, 0.25) is 5.02 Å². The van der Waals surface area contributed by atoms with E-state index < -0.39 is 0 Å². The third-order valence-electron chi connectivity index (χ3n) is 3.06. The molecule has 5 heteroatoms. The molecule has 2 rings (SSSR count). The summed E-state index contributed by atoms with van der Waals surface area (Å²) in [5.41, 5.74) is 2.33. The fraction of sp³-hybridized carbons (Fsp3) is 0.400. The Bertz CT molecular complexity index is 580. The molecule has 0 aliphatic rings. The lowest BCUT2D eigenvalue weighted by molar-refractivity contribution is 0.653. The van der Waals surface area contributed by atoms with Crippen LogP contribution in [-0.2, 0) is 13.6 Å². The number of nitrogens with one attached hydrogen (secondary N) is 1. The Hall–Kier alpha value is -0.970. The van der Waals surface area contributed by atoms with E-state index in [0.29, 0.717) is 0 Å². The summed E-state index contributed by atoms with van der Waals surface area (Å²) < 4.78 is 1.94. The Morgan fingerprint density at radius 3 is 2.80 bits per heavy atom. The molecule has 1 N–H and O–H groups in total. The Kier molecular flexibility index (Phi) is 5.52. The molecule has 0 saturated heterocycles. The highest BCUT2D eigenvalue weighted by Crippen LogP contribution is 2.35. The van der Waals surface area contributed by atoms with Crippen molar-refractivity contribution in [3.8, 4) is 0 Å². The molecule has 0 unspecified atom stereocenters. The summed E-state index contributed by atoms with van der Waals surface area (Å²) in [6.07, 6.45) is 1.13. The summed E-state index contributed by atoms with van der Waals surface area (Å²) in [6.45, 7) is 6.09. The predicted octanol–water partition coefficient (Wildman–Crippen LogP) is 4.03. The largest absolute Gasteiger partial charge is 0.313 e. The van der Waals surface area contributed by atoms with Crippen LogP contribution in [0.25, 0.3) is 0 Å². The van der Waals surface area contributed by atoms with Crippen molar-refractivity contribution >= 4 is 23.4 Å². The number of halogens is 1. The predicted molar refractivity (Wildman–Crippen MR) is 85.5 cm³/mol. The van der Waals surface area contributed by atoms with Crippen molar-refractivity contribution in [1.82, 2.24) is 15.1 Å². The second-order valence-electron chi connectivity index (χ2n) is 4.70. The van der Waals surface area contributed by atoms with E-state index >= 15 is 0 Å². The van der Waals surface area contributed by atoms with Crippen molar-refractivity contribution in [1.29, 1.82) is 0 Å². The van der Waals surface area contributed by atoms with Crippen LogP contribution in [0.15, 0.2) is 34.2 Å². The monoisotopic (exact) mass is 309 g/mol. The van der Waals surface area contributed by atoms with Crippen molar-refractivity contribution in [2.24, 2.45) is 7.05 Å². The van der Waals surface area contributed by atoms with Gasteiger partial charge in [-0.05, 0) is 32.0 Å². The SMILES string of the molecule is CCCNCc1c(C)nn(C)c1Sc1ccccc1Cl. The first-order valence-electron chi connectivity index (χ1n) is 6.79. The van der Waals surface area contributed by atoms with Gasteiger partial charge >= 0.3 is 0 Å². The molecule has 0 saturated carbocycles. The minimum Gasteiger partial charge on any atom is -0.313 e. The lowest BCUT2D eigenvalue weighted by Gasteiger charge is -2.08. The Balaban J connectivity index is 2.24. The molecule has 0 aliphatic heterocycles. The van der Waals surface area contributed by atoms with Crippen molar-refractivity contribution in [3.63, 3.8) is 0 Å². The van der Waals surface area contributed by atoms with E-state index in [1.807, 2.05) is 36.0 Å². The number of nitrogens with zero attached hydrogens (tertiary/aromatic N) is 2. The van der Waals surface area contributed by atoms with Gasteiger partial charge in [0.25, 0.3) is 0 Å². The molecular formula is C15H20ClN3S. The molecular weight excluding hydrogens is 290 g/mol. The van der Waals surface area contributed by atoms with E-state index in [1.54, 1.807) is 11.8 Å². The second-order valence-corrected chi connectivity index (χ2v) is 6.14. The minimum atomic E-state index is 0.781.